The quantitative estimate of drug-likeness (QED) is 0.338. The zero-order valence-electron chi connectivity index (χ0n) is 15.8. The van der Waals surface area contributed by atoms with Crippen LogP contribution in [0.15, 0.2) is 53.2 Å². The van der Waals surface area contributed by atoms with Gasteiger partial charge in [0.05, 0.1) is 5.70 Å². The van der Waals surface area contributed by atoms with Crippen LogP contribution in [0.25, 0.3) is 5.57 Å². The predicted molar refractivity (Wildman–Crippen MR) is 103 cm³/mol. The Morgan fingerprint density at radius 2 is 1.55 bits per heavy atom. The van der Waals surface area contributed by atoms with Crippen LogP contribution in [-0.2, 0) is 6.54 Å². The SMILES string of the molecule is CC.N/C(=C(\C=N\C(F)F)c1ccc(NCc2c(F)cccc2F)cc1)C(F)F. The fraction of sp³-hybridized carbons (Fsp3) is 0.250. The molecule has 158 valence electrons. The van der Waals surface area contributed by atoms with Crippen LogP contribution in [0.5, 0.6) is 0 Å². The van der Waals surface area contributed by atoms with Gasteiger partial charge in [0.1, 0.15) is 11.6 Å². The van der Waals surface area contributed by atoms with E-state index < -0.39 is 30.3 Å². The Labute approximate surface area is 165 Å². The van der Waals surface area contributed by atoms with E-state index in [4.69, 9.17) is 5.73 Å². The number of rotatable bonds is 7. The van der Waals surface area contributed by atoms with Gasteiger partial charge < -0.3 is 11.1 Å². The summed E-state index contributed by atoms with van der Waals surface area (Å²) >= 11 is 0. The maximum Gasteiger partial charge on any atom is 0.331 e. The molecule has 29 heavy (non-hydrogen) atoms. The number of nitrogens with one attached hydrogen (secondary N) is 1. The number of benzene rings is 2. The van der Waals surface area contributed by atoms with E-state index in [1.807, 2.05) is 13.8 Å². The number of anilines is 1. The summed E-state index contributed by atoms with van der Waals surface area (Å²) in [6, 6.07) is 9.05. The second-order valence-electron chi connectivity index (χ2n) is 5.36. The van der Waals surface area contributed by atoms with Crippen LogP contribution in [0, 0.1) is 11.6 Å². The molecule has 2 aromatic carbocycles. The van der Waals surface area contributed by atoms with Gasteiger partial charge in [-0.15, -0.1) is 0 Å². The van der Waals surface area contributed by atoms with E-state index in [0.717, 1.165) is 12.1 Å². The van der Waals surface area contributed by atoms with E-state index in [2.05, 4.69) is 10.3 Å². The van der Waals surface area contributed by atoms with Gasteiger partial charge in [-0.2, -0.15) is 8.78 Å². The average Bonchev–Trinajstić information content (AvgIpc) is 2.70. The summed E-state index contributed by atoms with van der Waals surface area (Å²) in [6.45, 7) is 0.786. The smallest absolute Gasteiger partial charge is 0.331 e. The molecule has 0 saturated heterocycles. The highest BCUT2D eigenvalue weighted by Gasteiger charge is 2.14. The average molecular weight is 417 g/mol. The van der Waals surface area contributed by atoms with Crippen molar-refractivity contribution in [3.63, 3.8) is 0 Å². The molecule has 2 rings (SSSR count). The largest absolute Gasteiger partial charge is 0.397 e. The predicted octanol–water partition coefficient (Wildman–Crippen LogP) is 5.83. The van der Waals surface area contributed by atoms with Gasteiger partial charge in [-0.05, 0) is 29.8 Å². The van der Waals surface area contributed by atoms with Gasteiger partial charge in [-0.3, -0.25) is 0 Å². The van der Waals surface area contributed by atoms with Crippen molar-refractivity contribution in [1.82, 2.24) is 0 Å². The minimum atomic E-state index is -3.07. The lowest BCUT2D eigenvalue weighted by Gasteiger charge is -2.11. The lowest BCUT2D eigenvalue weighted by atomic mass is 10.0. The molecule has 0 aliphatic carbocycles. The first-order valence-corrected chi connectivity index (χ1v) is 8.66. The summed E-state index contributed by atoms with van der Waals surface area (Å²) < 4.78 is 77.3. The lowest BCUT2D eigenvalue weighted by Crippen LogP contribution is -2.12. The Hall–Kier alpha value is -2.97. The van der Waals surface area contributed by atoms with Crippen molar-refractivity contribution in [2.24, 2.45) is 10.7 Å². The fourth-order valence-corrected chi connectivity index (χ4v) is 2.22. The minimum absolute atomic E-state index is 0.139. The molecule has 0 aliphatic heterocycles. The van der Waals surface area contributed by atoms with E-state index in [1.54, 1.807) is 0 Å². The molecule has 3 nitrogen and oxygen atoms in total. The summed E-state index contributed by atoms with van der Waals surface area (Å²) in [5.41, 5.74) is 4.46. The highest BCUT2D eigenvalue weighted by atomic mass is 19.3. The van der Waals surface area contributed by atoms with Gasteiger partial charge in [0.15, 0.2) is 0 Å². The molecule has 3 N–H and O–H groups in total. The van der Waals surface area contributed by atoms with E-state index in [9.17, 15) is 26.3 Å². The van der Waals surface area contributed by atoms with Crippen LogP contribution in [0.4, 0.5) is 32.0 Å². The fourth-order valence-electron chi connectivity index (χ4n) is 2.22. The highest BCUT2D eigenvalue weighted by molar-refractivity contribution is 6.11. The molecule has 2 aromatic rings. The molecule has 0 amide bonds. The third-order valence-corrected chi connectivity index (χ3v) is 3.59. The maximum absolute atomic E-state index is 13.6. The molecule has 0 aliphatic rings. The topological polar surface area (TPSA) is 50.4 Å². The molecule has 0 atom stereocenters. The number of allylic oxidation sites excluding steroid dienone is 2. The van der Waals surface area contributed by atoms with Gasteiger partial charge in [0.2, 0.25) is 0 Å². The standard InChI is InChI=1S/C18H15F6N3.C2H6/c19-14-2-1-3-15(20)13(14)9-26-11-6-4-10(5-7-11)12(8-27-18(23)24)16(25)17(21)22;1-2/h1-8,17-18,26H,9,25H2;1-2H3/b16-12+,27-8+;. The van der Waals surface area contributed by atoms with Crippen molar-refractivity contribution in [1.29, 1.82) is 0 Å². The number of aliphatic imine (C=N–C) groups is 1. The first-order valence-electron chi connectivity index (χ1n) is 8.66. The summed E-state index contributed by atoms with van der Waals surface area (Å²) in [4.78, 5) is 2.79. The zero-order chi connectivity index (χ0) is 22.0. The Morgan fingerprint density at radius 3 is 2.03 bits per heavy atom. The van der Waals surface area contributed by atoms with E-state index in [-0.39, 0.29) is 23.2 Å². The van der Waals surface area contributed by atoms with Crippen molar-refractivity contribution in [2.45, 2.75) is 33.4 Å². The molecule has 0 spiro atoms. The van der Waals surface area contributed by atoms with Crippen LogP contribution in [0.3, 0.4) is 0 Å². The Bertz CT molecular complexity index is 812. The molecule has 0 heterocycles. The Balaban J connectivity index is 0.00000204. The van der Waals surface area contributed by atoms with Crippen LogP contribution in [-0.4, -0.2) is 19.2 Å². The summed E-state index contributed by atoms with van der Waals surface area (Å²) in [6.07, 6.45) is -2.46. The van der Waals surface area contributed by atoms with Gasteiger partial charge in [-0.1, -0.05) is 32.0 Å². The van der Waals surface area contributed by atoms with Crippen molar-refractivity contribution in [2.75, 3.05) is 5.32 Å². The summed E-state index contributed by atoms with van der Waals surface area (Å²) in [5.74, 6) is -1.42. The van der Waals surface area contributed by atoms with Crippen molar-refractivity contribution < 1.29 is 26.3 Å². The molecular formula is C20H21F6N3. The normalized spacial score (nSPS) is 12.1. The molecule has 9 heteroatoms. The number of hydrogen-bond acceptors (Lipinski definition) is 3. The molecule has 0 saturated carbocycles. The van der Waals surface area contributed by atoms with E-state index in [1.165, 1.54) is 30.3 Å². The number of hydrogen-bond donors (Lipinski definition) is 2. The number of halogens is 6. The third-order valence-electron chi connectivity index (χ3n) is 3.59. The van der Waals surface area contributed by atoms with Gasteiger partial charge in [0, 0.05) is 29.6 Å². The summed E-state index contributed by atoms with van der Waals surface area (Å²) in [5, 5.41) is 2.78. The lowest BCUT2D eigenvalue weighted by molar-refractivity contribution is 0.160. The first-order chi connectivity index (χ1) is 13.8. The number of nitrogens with two attached hydrogens (primary N) is 1. The second-order valence-corrected chi connectivity index (χ2v) is 5.36. The minimum Gasteiger partial charge on any atom is -0.397 e. The molecule has 0 bridgehead atoms. The monoisotopic (exact) mass is 417 g/mol. The third kappa shape index (κ3) is 7.17. The maximum atomic E-state index is 13.6. The van der Waals surface area contributed by atoms with Gasteiger partial charge >= 0.3 is 6.55 Å². The first kappa shape index (κ1) is 24.1. The van der Waals surface area contributed by atoms with Crippen LogP contribution >= 0.6 is 0 Å². The van der Waals surface area contributed by atoms with Crippen LogP contribution in [0.2, 0.25) is 0 Å². The summed E-state index contributed by atoms with van der Waals surface area (Å²) in [7, 11) is 0. The molecule has 0 unspecified atom stereocenters. The highest BCUT2D eigenvalue weighted by Crippen LogP contribution is 2.22. The number of nitrogens with zero attached hydrogens (tertiary/aromatic N) is 1. The van der Waals surface area contributed by atoms with Crippen LogP contribution in [0.1, 0.15) is 25.0 Å². The number of alkyl halides is 4. The van der Waals surface area contributed by atoms with Crippen molar-refractivity contribution in [3.05, 3.63) is 70.9 Å². The van der Waals surface area contributed by atoms with Crippen LogP contribution < -0.4 is 11.1 Å². The van der Waals surface area contributed by atoms with E-state index >= 15 is 0 Å². The molecule has 0 aromatic heterocycles. The van der Waals surface area contributed by atoms with Crippen molar-refractivity contribution >= 4 is 17.5 Å². The molecular weight excluding hydrogens is 396 g/mol. The molecule has 0 radical (unpaired) electrons. The zero-order valence-corrected chi connectivity index (χ0v) is 15.8. The van der Waals surface area contributed by atoms with Crippen molar-refractivity contribution in [3.8, 4) is 0 Å². The van der Waals surface area contributed by atoms with E-state index in [0.29, 0.717) is 11.9 Å². The Morgan fingerprint density at radius 1 is 1.00 bits per heavy atom. The van der Waals surface area contributed by atoms with Gasteiger partial charge in [-0.25, -0.2) is 22.6 Å². The second kappa shape index (κ2) is 11.8. The Kier molecular flexibility index (Phi) is 9.78. The molecule has 0 fully saturated rings. The van der Waals surface area contributed by atoms with Gasteiger partial charge in [0.25, 0.3) is 6.43 Å².